The molecular weight excluding hydrogens is 236 g/mol. The van der Waals surface area contributed by atoms with E-state index in [4.69, 9.17) is 9.47 Å². The summed E-state index contributed by atoms with van der Waals surface area (Å²) < 4.78 is 9.78. The molecule has 0 spiro atoms. The molecule has 0 radical (unpaired) electrons. The Morgan fingerprint density at radius 3 is 3.00 bits per heavy atom. The number of carbonyl (C=O) groups is 1. The number of aliphatic hydroxyl groups excluding tert-OH is 1. The van der Waals surface area contributed by atoms with Crippen molar-refractivity contribution in [3.8, 4) is 5.88 Å². The van der Waals surface area contributed by atoms with E-state index in [-0.39, 0.29) is 18.4 Å². The monoisotopic (exact) mass is 254 g/mol. The number of ether oxygens (including phenoxy) is 2. The van der Waals surface area contributed by atoms with Gasteiger partial charge in [0, 0.05) is 19.9 Å². The van der Waals surface area contributed by atoms with Crippen LogP contribution < -0.4 is 10.1 Å². The molecule has 6 heteroatoms. The Kier molecular flexibility index (Phi) is 6.10. The minimum atomic E-state index is -0.578. The second-order valence-corrected chi connectivity index (χ2v) is 3.71. The molecule has 1 rings (SSSR count). The van der Waals surface area contributed by atoms with Gasteiger partial charge < -0.3 is 19.9 Å². The van der Waals surface area contributed by atoms with Crippen LogP contribution in [0.25, 0.3) is 0 Å². The molecule has 1 aromatic heterocycles. The third-order valence-corrected chi connectivity index (χ3v) is 2.33. The van der Waals surface area contributed by atoms with Crippen molar-refractivity contribution in [3.63, 3.8) is 0 Å². The lowest BCUT2D eigenvalue weighted by Crippen LogP contribution is -2.28. The van der Waals surface area contributed by atoms with Crippen LogP contribution in [0, 0.1) is 0 Å². The number of pyridine rings is 1. The van der Waals surface area contributed by atoms with E-state index in [1.807, 2.05) is 0 Å². The van der Waals surface area contributed by atoms with Crippen molar-refractivity contribution in [2.24, 2.45) is 0 Å². The van der Waals surface area contributed by atoms with Crippen LogP contribution in [0.2, 0.25) is 0 Å². The molecule has 1 aromatic rings. The molecule has 0 fully saturated rings. The molecule has 1 amide bonds. The maximum atomic E-state index is 11.8. The van der Waals surface area contributed by atoms with E-state index in [9.17, 15) is 9.90 Å². The van der Waals surface area contributed by atoms with Gasteiger partial charge in [-0.2, -0.15) is 0 Å². The van der Waals surface area contributed by atoms with Crippen LogP contribution in [0.3, 0.4) is 0 Å². The summed E-state index contributed by atoms with van der Waals surface area (Å²) in [7, 11) is 2.98. The smallest absolute Gasteiger partial charge is 0.256 e. The molecular formula is C12H18N2O4. The number of amides is 1. The summed E-state index contributed by atoms with van der Waals surface area (Å²) in [6, 6.07) is 3.30. The van der Waals surface area contributed by atoms with E-state index in [1.165, 1.54) is 14.2 Å². The summed E-state index contributed by atoms with van der Waals surface area (Å²) in [6.45, 7) is 0.619. The third kappa shape index (κ3) is 4.31. The number of aliphatic hydroxyl groups is 1. The molecule has 2 N–H and O–H groups in total. The van der Waals surface area contributed by atoms with E-state index in [1.54, 1.807) is 18.3 Å². The van der Waals surface area contributed by atoms with Crippen LogP contribution in [0.5, 0.6) is 5.88 Å². The van der Waals surface area contributed by atoms with E-state index in [0.717, 1.165) is 0 Å². The van der Waals surface area contributed by atoms with Crippen molar-refractivity contribution in [2.75, 3.05) is 27.4 Å². The van der Waals surface area contributed by atoms with Gasteiger partial charge in [0.25, 0.3) is 5.91 Å². The number of hydrogen-bond donors (Lipinski definition) is 2. The summed E-state index contributed by atoms with van der Waals surface area (Å²) in [5.74, 6) is 0.0111. The Morgan fingerprint density at radius 1 is 1.56 bits per heavy atom. The highest BCUT2D eigenvalue weighted by Gasteiger charge is 2.12. The number of nitrogens with one attached hydrogen (secondary N) is 1. The van der Waals surface area contributed by atoms with Gasteiger partial charge in [-0.25, -0.2) is 4.98 Å². The zero-order valence-corrected chi connectivity index (χ0v) is 10.5. The highest BCUT2D eigenvalue weighted by Crippen LogP contribution is 2.12. The third-order valence-electron chi connectivity index (χ3n) is 2.33. The molecule has 1 unspecified atom stereocenters. The van der Waals surface area contributed by atoms with Gasteiger partial charge in [-0.05, 0) is 18.6 Å². The van der Waals surface area contributed by atoms with Crippen LogP contribution in [0.1, 0.15) is 16.8 Å². The summed E-state index contributed by atoms with van der Waals surface area (Å²) in [5.41, 5.74) is 0.376. The Morgan fingerprint density at radius 2 is 2.33 bits per heavy atom. The quantitative estimate of drug-likeness (QED) is 0.727. The normalized spacial score (nSPS) is 11.9. The molecule has 0 aliphatic heterocycles. The van der Waals surface area contributed by atoms with E-state index in [2.05, 4.69) is 10.3 Å². The Labute approximate surface area is 106 Å². The lowest BCUT2D eigenvalue weighted by Gasteiger charge is -2.11. The van der Waals surface area contributed by atoms with Crippen LogP contribution in [0.15, 0.2) is 18.3 Å². The molecule has 1 heterocycles. The summed E-state index contributed by atoms with van der Waals surface area (Å²) in [5, 5.41) is 12.1. The molecule has 1 atom stereocenters. The minimum absolute atomic E-state index is 0.256. The maximum absolute atomic E-state index is 11.8. The molecule has 0 saturated heterocycles. The van der Waals surface area contributed by atoms with Crippen LogP contribution in [0.4, 0.5) is 0 Å². The Balaban J connectivity index is 2.45. The van der Waals surface area contributed by atoms with Crippen molar-refractivity contribution < 1.29 is 19.4 Å². The molecule has 0 aromatic carbocycles. The predicted octanol–water partition coefficient (Wildman–Crippen LogP) is 0.217. The van der Waals surface area contributed by atoms with Crippen molar-refractivity contribution in [1.82, 2.24) is 10.3 Å². The van der Waals surface area contributed by atoms with Crippen LogP contribution in [-0.2, 0) is 4.74 Å². The van der Waals surface area contributed by atoms with Crippen molar-refractivity contribution in [2.45, 2.75) is 12.5 Å². The highest BCUT2D eigenvalue weighted by atomic mass is 16.5. The average Bonchev–Trinajstić information content (AvgIpc) is 2.38. The summed E-state index contributed by atoms with van der Waals surface area (Å²) in [6.07, 6.45) is 1.41. The van der Waals surface area contributed by atoms with Gasteiger partial charge in [0.2, 0.25) is 5.88 Å². The molecule has 6 nitrogen and oxygen atoms in total. The number of hydrogen-bond acceptors (Lipinski definition) is 5. The highest BCUT2D eigenvalue weighted by molar-refractivity contribution is 5.96. The lowest BCUT2D eigenvalue weighted by atomic mass is 10.2. The van der Waals surface area contributed by atoms with Crippen molar-refractivity contribution >= 4 is 5.91 Å². The largest absolute Gasteiger partial charge is 0.480 e. The number of nitrogens with zero attached hydrogens (tertiary/aromatic N) is 1. The first-order chi connectivity index (χ1) is 8.69. The first-order valence-corrected chi connectivity index (χ1v) is 5.63. The topological polar surface area (TPSA) is 80.7 Å². The first kappa shape index (κ1) is 14.4. The fourth-order valence-corrected chi connectivity index (χ4v) is 1.45. The molecule has 0 bridgehead atoms. The van der Waals surface area contributed by atoms with Gasteiger partial charge >= 0.3 is 0 Å². The standard InChI is InChI=1S/C12H18N2O4/c1-17-8-9(15)5-7-13-11(16)10-4-3-6-14-12(10)18-2/h3-4,6,9,15H,5,7-8H2,1-2H3,(H,13,16). The van der Waals surface area contributed by atoms with Crippen molar-refractivity contribution in [1.29, 1.82) is 0 Å². The van der Waals surface area contributed by atoms with Gasteiger partial charge in [-0.1, -0.05) is 0 Å². The Hall–Kier alpha value is -1.66. The number of aromatic nitrogens is 1. The van der Waals surface area contributed by atoms with Gasteiger partial charge in [0.1, 0.15) is 5.56 Å². The predicted molar refractivity (Wildman–Crippen MR) is 65.6 cm³/mol. The van der Waals surface area contributed by atoms with E-state index < -0.39 is 6.10 Å². The second-order valence-electron chi connectivity index (χ2n) is 3.71. The Bertz CT molecular complexity index is 384. The van der Waals surface area contributed by atoms with Crippen LogP contribution in [-0.4, -0.2) is 49.5 Å². The maximum Gasteiger partial charge on any atom is 0.256 e. The van der Waals surface area contributed by atoms with E-state index >= 15 is 0 Å². The number of carbonyl (C=O) groups excluding carboxylic acids is 1. The van der Waals surface area contributed by atoms with Gasteiger partial charge in [0.05, 0.1) is 19.8 Å². The fraction of sp³-hybridized carbons (Fsp3) is 0.500. The second kappa shape index (κ2) is 7.62. The van der Waals surface area contributed by atoms with Gasteiger partial charge in [0.15, 0.2) is 0 Å². The zero-order valence-electron chi connectivity index (χ0n) is 10.5. The fourth-order valence-electron chi connectivity index (χ4n) is 1.45. The minimum Gasteiger partial charge on any atom is -0.480 e. The van der Waals surface area contributed by atoms with E-state index in [0.29, 0.717) is 18.5 Å². The molecule has 100 valence electrons. The van der Waals surface area contributed by atoms with Gasteiger partial charge in [-0.3, -0.25) is 4.79 Å². The molecule has 18 heavy (non-hydrogen) atoms. The SMILES string of the molecule is COCC(O)CCNC(=O)c1cccnc1OC. The number of methoxy groups -OCH3 is 2. The molecule has 0 aliphatic rings. The average molecular weight is 254 g/mol. The zero-order chi connectivity index (χ0) is 13.4. The number of rotatable bonds is 7. The van der Waals surface area contributed by atoms with Crippen molar-refractivity contribution in [3.05, 3.63) is 23.9 Å². The summed E-state index contributed by atoms with van der Waals surface area (Å²) >= 11 is 0. The molecule has 0 aliphatic carbocycles. The molecule has 0 saturated carbocycles. The lowest BCUT2D eigenvalue weighted by molar-refractivity contribution is 0.0587. The van der Waals surface area contributed by atoms with Gasteiger partial charge in [-0.15, -0.1) is 0 Å². The van der Waals surface area contributed by atoms with Crippen LogP contribution >= 0.6 is 0 Å². The first-order valence-electron chi connectivity index (χ1n) is 5.63. The summed E-state index contributed by atoms with van der Waals surface area (Å²) in [4.78, 5) is 15.8.